The molecule has 0 radical (unpaired) electrons. The average Bonchev–Trinajstić information content (AvgIpc) is 2.68. The summed E-state index contributed by atoms with van der Waals surface area (Å²) >= 11 is 1.78. The molecule has 18 heavy (non-hydrogen) atoms. The van der Waals surface area contributed by atoms with E-state index in [9.17, 15) is 0 Å². The van der Waals surface area contributed by atoms with Crippen LogP contribution < -0.4 is 5.32 Å². The molecule has 0 aliphatic carbocycles. The predicted molar refractivity (Wildman–Crippen MR) is 79.2 cm³/mol. The van der Waals surface area contributed by atoms with Crippen LogP contribution in [0.3, 0.4) is 0 Å². The second-order valence-electron chi connectivity index (χ2n) is 4.96. The number of benzene rings is 1. The molecular weight excluding hydrogens is 240 g/mol. The Hall–Kier alpha value is -1.35. The van der Waals surface area contributed by atoms with E-state index in [1.54, 1.807) is 11.3 Å². The van der Waals surface area contributed by atoms with Crippen LogP contribution in [0.25, 0.3) is 0 Å². The van der Waals surface area contributed by atoms with Crippen molar-refractivity contribution in [3.05, 3.63) is 46.5 Å². The van der Waals surface area contributed by atoms with Crippen molar-refractivity contribution in [2.75, 3.05) is 5.32 Å². The van der Waals surface area contributed by atoms with Gasteiger partial charge in [0, 0.05) is 11.4 Å². The maximum absolute atomic E-state index is 4.59. The van der Waals surface area contributed by atoms with Gasteiger partial charge < -0.3 is 5.32 Å². The summed E-state index contributed by atoms with van der Waals surface area (Å²) in [6.07, 6.45) is 1.12. The van der Waals surface area contributed by atoms with Crippen LogP contribution in [-0.4, -0.2) is 4.98 Å². The van der Waals surface area contributed by atoms with Crippen LogP contribution in [0, 0.1) is 12.8 Å². The topological polar surface area (TPSA) is 24.9 Å². The first-order valence-corrected chi connectivity index (χ1v) is 7.21. The number of aromatic nitrogens is 1. The van der Waals surface area contributed by atoms with Crippen molar-refractivity contribution in [3.63, 3.8) is 0 Å². The van der Waals surface area contributed by atoms with Gasteiger partial charge >= 0.3 is 0 Å². The minimum Gasteiger partial charge on any atom is -0.357 e. The lowest BCUT2D eigenvalue weighted by Crippen LogP contribution is -1.98. The Balaban J connectivity index is 1.98. The van der Waals surface area contributed by atoms with E-state index >= 15 is 0 Å². The SMILES string of the molecule is Cc1nc(NCc2ccccc2)sc1CC(C)C. The monoisotopic (exact) mass is 260 g/mol. The molecule has 0 atom stereocenters. The lowest BCUT2D eigenvalue weighted by molar-refractivity contribution is 0.651. The first-order chi connectivity index (χ1) is 8.65. The van der Waals surface area contributed by atoms with E-state index in [2.05, 4.69) is 55.3 Å². The molecule has 1 aromatic carbocycles. The molecule has 0 amide bonds. The summed E-state index contributed by atoms with van der Waals surface area (Å²) in [6, 6.07) is 10.4. The lowest BCUT2D eigenvalue weighted by atomic mass is 10.1. The van der Waals surface area contributed by atoms with Gasteiger partial charge in [0.25, 0.3) is 0 Å². The van der Waals surface area contributed by atoms with Crippen LogP contribution in [0.5, 0.6) is 0 Å². The van der Waals surface area contributed by atoms with Crippen molar-refractivity contribution in [3.8, 4) is 0 Å². The van der Waals surface area contributed by atoms with Crippen molar-refractivity contribution in [2.24, 2.45) is 5.92 Å². The number of nitrogens with zero attached hydrogens (tertiary/aromatic N) is 1. The standard InChI is InChI=1S/C15H20N2S/c1-11(2)9-14-12(3)17-15(18-14)16-10-13-7-5-4-6-8-13/h4-8,11H,9-10H2,1-3H3,(H,16,17). The van der Waals surface area contributed by atoms with Crippen LogP contribution in [0.4, 0.5) is 5.13 Å². The molecule has 2 aromatic rings. The zero-order valence-electron chi connectivity index (χ0n) is 11.2. The molecule has 2 rings (SSSR count). The predicted octanol–water partition coefficient (Wildman–Crippen LogP) is 4.26. The van der Waals surface area contributed by atoms with E-state index in [0.29, 0.717) is 5.92 Å². The summed E-state index contributed by atoms with van der Waals surface area (Å²) in [4.78, 5) is 5.99. The Labute approximate surface area is 113 Å². The number of rotatable bonds is 5. The highest BCUT2D eigenvalue weighted by molar-refractivity contribution is 7.15. The molecule has 0 aliphatic heterocycles. The first kappa shape index (κ1) is 13.1. The summed E-state index contributed by atoms with van der Waals surface area (Å²) in [5.41, 5.74) is 2.46. The van der Waals surface area contributed by atoms with Gasteiger partial charge in [-0.15, -0.1) is 11.3 Å². The van der Waals surface area contributed by atoms with Crippen molar-refractivity contribution in [1.29, 1.82) is 0 Å². The fraction of sp³-hybridized carbons (Fsp3) is 0.400. The molecule has 0 aliphatic rings. The van der Waals surface area contributed by atoms with Gasteiger partial charge in [0.1, 0.15) is 0 Å². The first-order valence-electron chi connectivity index (χ1n) is 6.39. The van der Waals surface area contributed by atoms with Crippen LogP contribution in [0.15, 0.2) is 30.3 Å². The number of thiazole rings is 1. The Bertz CT molecular complexity index is 488. The Morgan fingerprint density at radius 1 is 1.22 bits per heavy atom. The highest BCUT2D eigenvalue weighted by Crippen LogP contribution is 2.25. The molecule has 0 bridgehead atoms. The van der Waals surface area contributed by atoms with Crippen molar-refractivity contribution < 1.29 is 0 Å². The van der Waals surface area contributed by atoms with Crippen LogP contribution in [0.1, 0.15) is 30.0 Å². The minimum atomic E-state index is 0.686. The smallest absolute Gasteiger partial charge is 0.183 e. The second-order valence-corrected chi connectivity index (χ2v) is 6.05. The van der Waals surface area contributed by atoms with Gasteiger partial charge in [-0.2, -0.15) is 0 Å². The maximum Gasteiger partial charge on any atom is 0.183 e. The normalized spacial score (nSPS) is 10.9. The summed E-state index contributed by atoms with van der Waals surface area (Å²) in [5.74, 6) is 0.686. The number of hydrogen-bond acceptors (Lipinski definition) is 3. The minimum absolute atomic E-state index is 0.686. The third kappa shape index (κ3) is 3.57. The zero-order valence-corrected chi connectivity index (χ0v) is 12.1. The van der Waals surface area contributed by atoms with Crippen LogP contribution in [0.2, 0.25) is 0 Å². The number of aryl methyl sites for hydroxylation is 1. The molecule has 1 heterocycles. The Morgan fingerprint density at radius 2 is 1.94 bits per heavy atom. The maximum atomic E-state index is 4.59. The van der Waals surface area contributed by atoms with Crippen molar-refractivity contribution in [1.82, 2.24) is 4.98 Å². The molecule has 0 saturated carbocycles. The third-order valence-corrected chi connectivity index (χ3v) is 3.91. The highest BCUT2D eigenvalue weighted by atomic mass is 32.1. The fourth-order valence-electron chi connectivity index (χ4n) is 1.84. The Kier molecular flexibility index (Phi) is 4.37. The lowest BCUT2D eigenvalue weighted by Gasteiger charge is -2.02. The van der Waals surface area contributed by atoms with E-state index in [-0.39, 0.29) is 0 Å². The van der Waals surface area contributed by atoms with E-state index in [1.807, 2.05) is 6.07 Å². The second kappa shape index (κ2) is 6.01. The zero-order chi connectivity index (χ0) is 13.0. The van der Waals surface area contributed by atoms with Gasteiger partial charge in [-0.1, -0.05) is 44.2 Å². The molecular formula is C15H20N2S. The van der Waals surface area contributed by atoms with Gasteiger partial charge in [0.05, 0.1) is 5.69 Å². The van der Waals surface area contributed by atoms with Crippen LogP contribution >= 0.6 is 11.3 Å². The molecule has 3 heteroatoms. The molecule has 0 spiro atoms. The number of anilines is 1. The molecule has 1 aromatic heterocycles. The summed E-state index contributed by atoms with van der Waals surface area (Å²) in [5, 5.41) is 4.44. The third-order valence-electron chi connectivity index (χ3n) is 2.77. The summed E-state index contributed by atoms with van der Waals surface area (Å²) in [7, 11) is 0. The summed E-state index contributed by atoms with van der Waals surface area (Å²) < 4.78 is 0. The van der Waals surface area contributed by atoms with Gasteiger partial charge in [0.2, 0.25) is 0 Å². The van der Waals surface area contributed by atoms with Gasteiger partial charge in [0.15, 0.2) is 5.13 Å². The fourth-order valence-corrected chi connectivity index (χ4v) is 3.01. The number of nitrogens with one attached hydrogen (secondary N) is 1. The van der Waals surface area contributed by atoms with Crippen molar-refractivity contribution in [2.45, 2.75) is 33.7 Å². The molecule has 1 N–H and O–H groups in total. The quantitative estimate of drug-likeness (QED) is 0.868. The van der Waals surface area contributed by atoms with E-state index in [0.717, 1.165) is 18.1 Å². The molecule has 2 nitrogen and oxygen atoms in total. The molecule has 96 valence electrons. The van der Waals surface area contributed by atoms with E-state index in [4.69, 9.17) is 0 Å². The van der Waals surface area contributed by atoms with Crippen LogP contribution in [-0.2, 0) is 13.0 Å². The molecule has 0 unspecified atom stereocenters. The van der Waals surface area contributed by atoms with Gasteiger partial charge in [-0.25, -0.2) is 4.98 Å². The van der Waals surface area contributed by atoms with Gasteiger partial charge in [-0.3, -0.25) is 0 Å². The number of hydrogen-bond donors (Lipinski definition) is 1. The van der Waals surface area contributed by atoms with E-state index in [1.165, 1.54) is 16.1 Å². The van der Waals surface area contributed by atoms with Gasteiger partial charge in [-0.05, 0) is 24.8 Å². The largest absolute Gasteiger partial charge is 0.357 e. The van der Waals surface area contributed by atoms with E-state index < -0.39 is 0 Å². The average molecular weight is 260 g/mol. The highest BCUT2D eigenvalue weighted by Gasteiger charge is 2.08. The summed E-state index contributed by atoms with van der Waals surface area (Å²) in [6.45, 7) is 7.43. The van der Waals surface area contributed by atoms with Crippen molar-refractivity contribution >= 4 is 16.5 Å². The molecule has 0 fully saturated rings. The Morgan fingerprint density at radius 3 is 2.61 bits per heavy atom. The molecule has 0 saturated heterocycles.